The average molecular weight is 281 g/mol. The number of nitrogens with one attached hydrogen (secondary N) is 1. The summed E-state index contributed by atoms with van der Waals surface area (Å²) in [6.07, 6.45) is 4.82. The molecule has 2 rings (SSSR count). The van der Waals surface area contributed by atoms with Crippen molar-refractivity contribution in [3.63, 3.8) is 0 Å². The van der Waals surface area contributed by atoms with Crippen molar-refractivity contribution < 1.29 is 4.79 Å². The lowest BCUT2D eigenvalue weighted by molar-refractivity contribution is -0.116. The number of benzene rings is 2. The zero-order valence-electron chi connectivity index (χ0n) is 12.6. The Morgan fingerprint density at radius 2 is 1.57 bits per heavy atom. The van der Waals surface area contributed by atoms with Crippen molar-refractivity contribution in [3.8, 4) is 0 Å². The second-order valence-electron chi connectivity index (χ2n) is 5.33. The highest BCUT2D eigenvalue weighted by molar-refractivity contribution is 5.90. The molecule has 0 radical (unpaired) electrons. The summed E-state index contributed by atoms with van der Waals surface area (Å²) >= 11 is 0. The molecule has 0 saturated heterocycles. The summed E-state index contributed by atoms with van der Waals surface area (Å²) in [7, 11) is 0. The predicted molar refractivity (Wildman–Crippen MR) is 88.4 cm³/mol. The molecule has 110 valence electrons. The van der Waals surface area contributed by atoms with Crippen LogP contribution in [-0.2, 0) is 17.6 Å². The molecule has 0 saturated carbocycles. The van der Waals surface area contributed by atoms with Crippen LogP contribution in [0.1, 0.15) is 37.3 Å². The maximum absolute atomic E-state index is 11.9. The first-order valence-corrected chi connectivity index (χ1v) is 7.70. The summed E-state index contributed by atoms with van der Waals surface area (Å²) in [5, 5.41) is 2.96. The minimum Gasteiger partial charge on any atom is -0.326 e. The van der Waals surface area contributed by atoms with Gasteiger partial charge in [0.15, 0.2) is 0 Å². The first-order chi connectivity index (χ1) is 10.3. The van der Waals surface area contributed by atoms with Gasteiger partial charge in [-0.1, -0.05) is 55.8 Å². The maximum atomic E-state index is 11.9. The van der Waals surface area contributed by atoms with Crippen LogP contribution in [0.4, 0.5) is 5.69 Å². The number of aryl methyl sites for hydroxylation is 2. The Labute approximate surface area is 127 Å². The van der Waals surface area contributed by atoms with Crippen molar-refractivity contribution in [1.29, 1.82) is 0 Å². The SMILES string of the molecule is CCCCc1ccc(NC(=O)CCc2ccccc2)cc1. The van der Waals surface area contributed by atoms with Gasteiger partial charge in [0.05, 0.1) is 0 Å². The van der Waals surface area contributed by atoms with Crippen LogP contribution in [0.15, 0.2) is 54.6 Å². The molecular weight excluding hydrogens is 258 g/mol. The predicted octanol–water partition coefficient (Wildman–Crippen LogP) is 4.60. The summed E-state index contributed by atoms with van der Waals surface area (Å²) in [5.41, 5.74) is 3.41. The lowest BCUT2D eigenvalue weighted by atomic mass is 10.1. The van der Waals surface area contributed by atoms with Gasteiger partial charge in [0, 0.05) is 12.1 Å². The number of hydrogen-bond acceptors (Lipinski definition) is 1. The minimum atomic E-state index is 0.0696. The topological polar surface area (TPSA) is 29.1 Å². The second kappa shape index (κ2) is 8.25. The number of carbonyl (C=O) groups excluding carboxylic acids is 1. The highest BCUT2D eigenvalue weighted by Gasteiger charge is 2.03. The van der Waals surface area contributed by atoms with Crippen molar-refractivity contribution in [1.82, 2.24) is 0 Å². The van der Waals surface area contributed by atoms with E-state index in [9.17, 15) is 4.79 Å². The van der Waals surface area contributed by atoms with E-state index >= 15 is 0 Å². The zero-order valence-corrected chi connectivity index (χ0v) is 12.6. The summed E-state index contributed by atoms with van der Waals surface area (Å²) in [4.78, 5) is 11.9. The van der Waals surface area contributed by atoms with Crippen molar-refractivity contribution in [2.24, 2.45) is 0 Å². The van der Waals surface area contributed by atoms with Crippen LogP contribution in [0.2, 0.25) is 0 Å². The largest absolute Gasteiger partial charge is 0.326 e. The number of amides is 1. The molecule has 0 aliphatic rings. The first kappa shape index (κ1) is 15.3. The standard InChI is InChI=1S/C19H23NO/c1-2-3-7-17-10-13-18(14-11-17)20-19(21)15-12-16-8-5-4-6-9-16/h4-6,8-11,13-14H,2-3,7,12,15H2,1H3,(H,20,21). The fourth-order valence-electron chi connectivity index (χ4n) is 2.26. The molecule has 0 aliphatic carbocycles. The Morgan fingerprint density at radius 1 is 0.905 bits per heavy atom. The summed E-state index contributed by atoms with van der Waals surface area (Å²) < 4.78 is 0. The fourth-order valence-corrected chi connectivity index (χ4v) is 2.26. The Hall–Kier alpha value is -2.09. The van der Waals surface area contributed by atoms with Gasteiger partial charge >= 0.3 is 0 Å². The molecule has 2 heteroatoms. The van der Waals surface area contributed by atoms with Gasteiger partial charge in [-0.25, -0.2) is 0 Å². The molecule has 0 aromatic heterocycles. The van der Waals surface area contributed by atoms with Crippen LogP contribution in [0, 0.1) is 0 Å². The molecular formula is C19H23NO. The van der Waals surface area contributed by atoms with E-state index in [1.54, 1.807) is 0 Å². The van der Waals surface area contributed by atoms with Crippen LogP contribution < -0.4 is 5.32 Å². The third-order valence-corrected chi connectivity index (χ3v) is 3.54. The summed E-state index contributed by atoms with van der Waals surface area (Å²) in [5.74, 6) is 0.0696. The molecule has 0 bridgehead atoms. The lowest BCUT2D eigenvalue weighted by Gasteiger charge is -2.07. The number of unbranched alkanes of at least 4 members (excludes halogenated alkanes) is 1. The van der Waals surface area contributed by atoms with Crippen LogP contribution in [0.5, 0.6) is 0 Å². The monoisotopic (exact) mass is 281 g/mol. The third kappa shape index (κ3) is 5.42. The lowest BCUT2D eigenvalue weighted by Crippen LogP contribution is -2.12. The van der Waals surface area contributed by atoms with Crippen LogP contribution >= 0.6 is 0 Å². The van der Waals surface area contributed by atoms with Gasteiger partial charge in [0.2, 0.25) is 5.91 Å². The average Bonchev–Trinajstić information content (AvgIpc) is 2.53. The van der Waals surface area contributed by atoms with E-state index in [-0.39, 0.29) is 5.91 Å². The molecule has 2 aromatic carbocycles. The van der Waals surface area contributed by atoms with Gasteiger partial charge in [0.25, 0.3) is 0 Å². The van der Waals surface area contributed by atoms with Crippen molar-refractivity contribution >= 4 is 11.6 Å². The smallest absolute Gasteiger partial charge is 0.224 e. The Morgan fingerprint density at radius 3 is 2.24 bits per heavy atom. The summed E-state index contributed by atoms with van der Waals surface area (Å²) in [6, 6.07) is 18.3. The molecule has 0 unspecified atom stereocenters. The molecule has 21 heavy (non-hydrogen) atoms. The van der Waals surface area contributed by atoms with Crippen LogP contribution in [0.25, 0.3) is 0 Å². The van der Waals surface area contributed by atoms with Crippen molar-refractivity contribution in [3.05, 3.63) is 65.7 Å². The van der Waals surface area contributed by atoms with Gasteiger partial charge in [-0.3, -0.25) is 4.79 Å². The normalized spacial score (nSPS) is 10.3. The van der Waals surface area contributed by atoms with E-state index in [2.05, 4.69) is 36.5 Å². The minimum absolute atomic E-state index is 0.0696. The molecule has 0 fully saturated rings. The zero-order chi connectivity index (χ0) is 14.9. The van der Waals surface area contributed by atoms with E-state index in [4.69, 9.17) is 0 Å². The Kier molecular flexibility index (Phi) is 6.01. The second-order valence-corrected chi connectivity index (χ2v) is 5.33. The molecule has 0 atom stereocenters. The van der Waals surface area contributed by atoms with E-state index in [0.29, 0.717) is 6.42 Å². The van der Waals surface area contributed by atoms with Crippen molar-refractivity contribution in [2.45, 2.75) is 39.0 Å². The van der Waals surface area contributed by atoms with Gasteiger partial charge in [0.1, 0.15) is 0 Å². The first-order valence-electron chi connectivity index (χ1n) is 7.70. The number of anilines is 1. The van der Waals surface area contributed by atoms with E-state index in [1.807, 2.05) is 30.3 Å². The van der Waals surface area contributed by atoms with E-state index < -0.39 is 0 Å². The van der Waals surface area contributed by atoms with Gasteiger partial charge in [-0.2, -0.15) is 0 Å². The highest BCUT2D eigenvalue weighted by atomic mass is 16.1. The molecule has 0 aliphatic heterocycles. The summed E-state index contributed by atoms with van der Waals surface area (Å²) in [6.45, 7) is 2.20. The van der Waals surface area contributed by atoms with E-state index in [0.717, 1.165) is 18.5 Å². The highest BCUT2D eigenvalue weighted by Crippen LogP contribution is 2.12. The molecule has 0 heterocycles. The quantitative estimate of drug-likeness (QED) is 0.789. The molecule has 2 aromatic rings. The van der Waals surface area contributed by atoms with Gasteiger partial charge in [-0.15, -0.1) is 0 Å². The molecule has 1 amide bonds. The molecule has 2 nitrogen and oxygen atoms in total. The number of rotatable bonds is 7. The Balaban J connectivity index is 1.79. The van der Waals surface area contributed by atoms with Gasteiger partial charge < -0.3 is 5.32 Å². The molecule has 1 N–H and O–H groups in total. The third-order valence-electron chi connectivity index (χ3n) is 3.54. The fraction of sp³-hybridized carbons (Fsp3) is 0.316. The van der Waals surface area contributed by atoms with Crippen molar-refractivity contribution in [2.75, 3.05) is 5.32 Å². The molecule has 0 spiro atoms. The van der Waals surface area contributed by atoms with E-state index in [1.165, 1.54) is 24.0 Å². The number of hydrogen-bond donors (Lipinski definition) is 1. The van der Waals surface area contributed by atoms with Gasteiger partial charge in [-0.05, 0) is 42.5 Å². The Bertz CT molecular complexity index is 546. The number of carbonyl (C=O) groups is 1. The maximum Gasteiger partial charge on any atom is 0.224 e. The van der Waals surface area contributed by atoms with Crippen LogP contribution in [-0.4, -0.2) is 5.91 Å². The van der Waals surface area contributed by atoms with Crippen LogP contribution in [0.3, 0.4) is 0 Å².